The van der Waals surface area contributed by atoms with Gasteiger partial charge in [-0.15, -0.1) is 0 Å². The van der Waals surface area contributed by atoms with Crippen LogP contribution in [0.3, 0.4) is 0 Å². The molecule has 1 heterocycles. The molecule has 1 atom stereocenters. The Kier molecular flexibility index (Phi) is 4.67. The topological polar surface area (TPSA) is 49.4 Å². The third-order valence-corrected chi connectivity index (χ3v) is 5.13. The Labute approximate surface area is 139 Å². The van der Waals surface area contributed by atoms with Crippen LogP contribution >= 0.6 is 11.8 Å². The summed E-state index contributed by atoms with van der Waals surface area (Å²) < 4.78 is 0. The number of aryl methyl sites for hydroxylation is 1. The minimum absolute atomic E-state index is 0.123. The zero-order chi connectivity index (χ0) is 16.2. The molecule has 2 aromatic carbocycles. The second-order valence-corrected chi connectivity index (χ2v) is 6.67. The molecule has 0 aromatic heterocycles. The molecule has 0 bridgehead atoms. The molecule has 1 aliphatic rings. The Balaban J connectivity index is 1.60. The van der Waals surface area contributed by atoms with Crippen LogP contribution in [0.2, 0.25) is 0 Å². The summed E-state index contributed by atoms with van der Waals surface area (Å²) in [6.45, 7) is 2.45. The summed E-state index contributed by atoms with van der Waals surface area (Å²) in [5.41, 5.74) is 2.17. The molecule has 23 heavy (non-hydrogen) atoms. The van der Waals surface area contributed by atoms with Crippen LogP contribution in [0.25, 0.3) is 0 Å². The molecular weight excluding hydrogens is 308 g/mol. The van der Waals surface area contributed by atoms with Gasteiger partial charge >= 0.3 is 6.03 Å². The first-order chi connectivity index (χ1) is 11.1. The van der Waals surface area contributed by atoms with Gasteiger partial charge in [0.2, 0.25) is 5.91 Å². The van der Waals surface area contributed by atoms with Crippen LogP contribution < -0.4 is 5.32 Å². The lowest BCUT2D eigenvalue weighted by Gasteiger charge is -2.38. The molecule has 0 aliphatic carbocycles. The predicted octanol–water partition coefficient (Wildman–Crippen LogP) is 3.56. The maximum Gasteiger partial charge on any atom is 0.325 e. The van der Waals surface area contributed by atoms with Crippen LogP contribution in [0.5, 0.6) is 0 Å². The summed E-state index contributed by atoms with van der Waals surface area (Å²) in [5.74, 6) is -0.123. The monoisotopic (exact) mass is 326 g/mol. The lowest BCUT2D eigenvalue weighted by Crippen LogP contribution is -2.57. The standard InChI is InChI=1S/C18H18N2O2S/c1-13-7-5-6-10-15(13)23-17-11-16(21)20(17)18(22)19-12-14-8-3-2-4-9-14/h2-10,17H,11-12H2,1H3,(H,19,22). The summed E-state index contributed by atoms with van der Waals surface area (Å²) >= 11 is 1.56. The van der Waals surface area contributed by atoms with Crippen molar-refractivity contribution < 1.29 is 9.59 Å². The third kappa shape index (κ3) is 3.56. The van der Waals surface area contributed by atoms with E-state index in [4.69, 9.17) is 0 Å². The number of likely N-dealkylation sites (tertiary alicyclic amines) is 1. The first kappa shape index (κ1) is 15.6. The molecule has 1 aliphatic heterocycles. The summed E-state index contributed by atoms with van der Waals surface area (Å²) in [6.07, 6.45) is 0.401. The van der Waals surface area contributed by atoms with Crippen LogP contribution in [0.1, 0.15) is 17.5 Å². The molecule has 5 heteroatoms. The Morgan fingerprint density at radius 1 is 1.17 bits per heavy atom. The van der Waals surface area contributed by atoms with E-state index in [1.165, 1.54) is 4.90 Å². The second kappa shape index (κ2) is 6.87. The van der Waals surface area contributed by atoms with Crippen LogP contribution in [0.4, 0.5) is 4.79 Å². The normalized spacial score (nSPS) is 16.8. The molecule has 3 amide bonds. The number of thioether (sulfide) groups is 1. The predicted molar refractivity (Wildman–Crippen MR) is 91.0 cm³/mol. The van der Waals surface area contributed by atoms with Gasteiger partial charge < -0.3 is 5.32 Å². The van der Waals surface area contributed by atoms with Gasteiger partial charge in [-0.2, -0.15) is 0 Å². The van der Waals surface area contributed by atoms with Gasteiger partial charge in [-0.05, 0) is 24.1 Å². The van der Waals surface area contributed by atoms with Gasteiger partial charge in [-0.25, -0.2) is 4.79 Å². The molecule has 3 rings (SSSR count). The van der Waals surface area contributed by atoms with Crippen molar-refractivity contribution in [2.24, 2.45) is 0 Å². The highest BCUT2D eigenvalue weighted by molar-refractivity contribution is 8.00. The van der Waals surface area contributed by atoms with Crippen LogP contribution in [0.15, 0.2) is 59.5 Å². The highest BCUT2D eigenvalue weighted by Crippen LogP contribution is 2.36. The van der Waals surface area contributed by atoms with E-state index in [-0.39, 0.29) is 17.3 Å². The molecule has 118 valence electrons. The molecule has 1 unspecified atom stereocenters. The quantitative estimate of drug-likeness (QED) is 0.874. The zero-order valence-electron chi connectivity index (χ0n) is 12.9. The second-order valence-electron chi connectivity index (χ2n) is 5.45. The number of β-lactam (4-membered cyclic amide) rings is 1. The van der Waals surface area contributed by atoms with Gasteiger partial charge in [-0.1, -0.05) is 60.3 Å². The fourth-order valence-electron chi connectivity index (χ4n) is 2.42. The van der Waals surface area contributed by atoms with Gasteiger partial charge in [-0.3, -0.25) is 9.69 Å². The summed E-state index contributed by atoms with van der Waals surface area (Å²) in [6, 6.07) is 17.3. The van der Waals surface area contributed by atoms with Crippen molar-refractivity contribution in [1.29, 1.82) is 0 Å². The first-order valence-corrected chi connectivity index (χ1v) is 8.39. The minimum atomic E-state index is -0.323. The fraction of sp³-hybridized carbons (Fsp3) is 0.222. The Morgan fingerprint density at radius 3 is 2.57 bits per heavy atom. The summed E-state index contributed by atoms with van der Waals surface area (Å²) in [4.78, 5) is 26.5. The minimum Gasteiger partial charge on any atom is -0.334 e. The molecular formula is C18H18N2O2S. The van der Waals surface area contributed by atoms with E-state index in [9.17, 15) is 9.59 Å². The van der Waals surface area contributed by atoms with Gasteiger partial charge in [0.1, 0.15) is 5.37 Å². The van der Waals surface area contributed by atoms with E-state index in [2.05, 4.69) is 5.32 Å². The van der Waals surface area contributed by atoms with Crippen molar-refractivity contribution in [3.8, 4) is 0 Å². The van der Waals surface area contributed by atoms with Crippen LogP contribution in [0, 0.1) is 6.92 Å². The van der Waals surface area contributed by atoms with E-state index in [0.29, 0.717) is 13.0 Å². The smallest absolute Gasteiger partial charge is 0.325 e. The number of amides is 3. The lowest BCUT2D eigenvalue weighted by atomic mass is 10.2. The number of hydrogen-bond donors (Lipinski definition) is 1. The summed E-state index contributed by atoms with van der Waals surface area (Å²) in [7, 11) is 0. The van der Waals surface area contributed by atoms with E-state index >= 15 is 0 Å². The number of urea groups is 1. The Hall–Kier alpha value is -2.27. The zero-order valence-corrected chi connectivity index (χ0v) is 13.7. The number of benzene rings is 2. The molecule has 4 nitrogen and oxygen atoms in total. The number of rotatable bonds is 4. The molecule has 0 saturated carbocycles. The number of nitrogens with zero attached hydrogens (tertiary/aromatic N) is 1. The highest BCUT2D eigenvalue weighted by atomic mass is 32.2. The molecule has 1 fully saturated rings. The van der Waals surface area contributed by atoms with Crippen molar-refractivity contribution >= 4 is 23.7 Å². The van der Waals surface area contributed by atoms with Gasteiger partial charge in [0, 0.05) is 11.4 Å². The molecule has 1 saturated heterocycles. The van der Waals surface area contributed by atoms with Crippen LogP contribution in [-0.2, 0) is 11.3 Å². The lowest BCUT2D eigenvalue weighted by molar-refractivity contribution is -0.137. The average molecular weight is 326 g/mol. The first-order valence-electron chi connectivity index (χ1n) is 7.51. The average Bonchev–Trinajstić information content (AvgIpc) is 2.55. The molecule has 0 radical (unpaired) electrons. The van der Waals surface area contributed by atoms with E-state index < -0.39 is 0 Å². The summed E-state index contributed by atoms with van der Waals surface area (Å²) in [5, 5.41) is 2.69. The van der Waals surface area contributed by atoms with E-state index in [1.54, 1.807) is 11.8 Å². The van der Waals surface area contributed by atoms with Crippen molar-refractivity contribution in [1.82, 2.24) is 10.2 Å². The number of imide groups is 1. The van der Waals surface area contributed by atoms with Gasteiger partial charge in [0.05, 0.1) is 6.42 Å². The Morgan fingerprint density at radius 2 is 1.87 bits per heavy atom. The maximum absolute atomic E-state index is 12.3. The maximum atomic E-state index is 12.3. The van der Waals surface area contributed by atoms with Crippen molar-refractivity contribution in [2.75, 3.05) is 0 Å². The largest absolute Gasteiger partial charge is 0.334 e. The number of nitrogens with one attached hydrogen (secondary N) is 1. The molecule has 1 N–H and O–H groups in total. The van der Waals surface area contributed by atoms with Crippen molar-refractivity contribution in [3.05, 3.63) is 65.7 Å². The molecule has 2 aromatic rings. The number of carbonyl (C=O) groups is 2. The van der Waals surface area contributed by atoms with Crippen LogP contribution in [-0.4, -0.2) is 22.2 Å². The van der Waals surface area contributed by atoms with E-state index in [0.717, 1.165) is 16.0 Å². The van der Waals surface area contributed by atoms with Gasteiger partial charge in [0.25, 0.3) is 0 Å². The molecule has 0 spiro atoms. The number of carbonyl (C=O) groups excluding carboxylic acids is 2. The van der Waals surface area contributed by atoms with E-state index in [1.807, 2.05) is 61.5 Å². The fourth-order valence-corrected chi connectivity index (χ4v) is 3.67. The SMILES string of the molecule is Cc1ccccc1SC1CC(=O)N1C(=O)NCc1ccccc1. The number of hydrogen-bond acceptors (Lipinski definition) is 3. The highest BCUT2D eigenvalue weighted by Gasteiger charge is 2.41. The Bertz CT molecular complexity index is 718. The van der Waals surface area contributed by atoms with Crippen molar-refractivity contribution in [3.63, 3.8) is 0 Å². The van der Waals surface area contributed by atoms with Crippen molar-refractivity contribution in [2.45, 2.75) is 30.2 Å². The third-order valence-electron chi connectivity index (χ3n) is 3.77. The van der Waals surface area contributed by atoms with Gasteiger partial charge in [0.15, 0.2) is 0 Å².